The Labute approximate surface area is 146 Å². The summed E-state index contributed by atoms with van der Waals surface area (Å²) in [6.45, 7) is 2.49. The number of amides is 2. The number of nitrogens with one attached hydrogen (secondary N) is 1. The van der Waals surface area contributed by atoms with Crippen molar-refractivity contribution in [1.29, 1.82) is 0 Å². The summed E-state index contributed by atoms with van der Waals surface area (Å²) in [6, 6.07) is 13.4. The lowest BCUT2D eigenvalue weighted by atomic mass is 10.1. The Hall–Kier alpha value is -3.02. The number of aromatic nitrogens is 1. The Balaban J connectivity index is 1.50. The minimum Gasteiger partial charge on any atom is -0.311 e. The molecule has 0 radical (unpaired) electrons. The molecule has 25 heavy (non-hydrogen) atoms. The Kier molecular flexibility index (Phi) is 5.18. The minimum absolute atomic E-state index is 0.112. The fraction of sp³-hybridized carbons (Fsp3) is 0.263. The molecule has 0 fully saturated rings. The molecular weight excluding hydrogens is 316 g/mol. The van der Waals surface area contributed by atoms with Crippen molar-refractivity contribution in [3.63, 3.8) is 0 Å². The van der Waals surface area contributed by atoms with E-state index in [9.17, 15) is 9.59 Å². The molecule has 3 rings (SSSR count). The van der Waals surface area contributed by atoms with Crippen molar-refractivity contribution < 1.29 is 9.59 Å². The first-order chi connectivity index (χ1) is 12.1. The molecule has 2 heterocycles. The van der Waals surface area contributed by atoms with E-state index in [0.29, 0.717) is 12.4 Å². The molecule has 1 aliphatic rings. The molecule has 0 unspecified atom stereocenters. The predicted molar refractivity (Wildman–Crippen MR) is 96.1 cm³/mol. The lowest BCUT2D eigenvalue weighted by Gasteiger charge is -2.11. The Bertz CT molecular complexity index is 785. The molecule has 1 aromatic carbocycles. The number of hydrazone groups is 1. The zero-order valence-corrected chi connectivity index (χ0v) is 14.1. The Morgan fingerprint density at radius 2 is 1.92 bits per heavy atom. The number of aryl methyl sites for hydroxylation is 1. The summed E-state index contributed by atoms with van der Waals surface area (Å²) in [7, 11) is 0. The Morgan fingerprint density at radius 1 is 1.12 bits per heavy atom. The van der Waals surface area contributed by atoms with Gasteiger partial charge in [-0.05, 0) is 24.1 Å². The van der Waals surface area contributed by atoms with Crippen LogP contribution in [0.3, 0.4) is 0 Å². The van der Waals surface area contributed by atoms with Crippen molar-refractivity contribution in [2.75, 3.05) is 11.9 Å². The first-order valence-corrected chi connectivity index (χ1v) is 8.27. The largest absolute Gasteiger partial charge is 0.311 e. The molecule has 6 nitrogen and oxygen atoms in total. The van der Waals surface area contributed by atoms with Gasteiger partial charge in [0.2, 0.25) is 11.8 Å². The van der Waals surface area contributed by atoms with Gasteiger partial charge in [0.1, 0.15) is 5.82 Å². The average Bonchev–Trinajstić information content (AvgIpc) is 3.13. The van der Waals surface area contributed by atoms with E-state index in [-0.39, 0.29) is 24.7 Å². The van der Waals surface area contributed by atoms with Gasteiger partial charge in [0.15, 0.2) is 0 Å². The summed E-state index contributed by atoms with van der Waals surface area (Å²) in [4.78, 5) is 28.3. The molecule has 0 saturated heterocycles. The standard InChI is InChI=1S/C19H20N4O2/c1-14-7-8-17(20-13-14)21-18(24)9-10-19(25)23-12-11-16(22-23)15-5-3-2-4-6-15/h2-8,13H,9-12H2,1H3,(H,20,21,24). The van der Waals surface area contributed by atoms with E-state index >= 15 is 0 Å². The number of nitrogens with zero attached hydrogens (tertiary/aromatic N) is 3. The molecule has 0 aliphatic carbocycles. The molecule has 0 spiro atoms. The SMILES string of the molecule is Cc1ccc(NC(=O)CCC(=O)N2CCC(c3ccccc3)=N2)nc1. The summed E-state index contributed by atoms with van der Waals surface area (Å²) in [5.41, 5.74) is 2.96. The van der Waals surface area contributed by atoms with Gasteiger partial charge in [-0.25, -0.2) is 9.99 Å². The highest BCUT2D eigenvalue weighted by Gasteiger charge is 2.21. The topological polar surface area (TPSA) is 74.7 Å². The van der Waals surface area contributed by atoms with Gasteiger partial charge in [0, 0.05) is 25.5 Å². The Morgan fingerprint density at radius 3 is 2.64 bits per heavy atom. The second-order valence-corrected chi connectivity index (χ2v) is 5.95. The van der Waals surface area contributed by atoms with E-state index in [0.717, 1.165) is 23.3 Å². The predicted octanol–water partition coefficient (Wildman–Crippen LogP) is 2.75. The zero-order valence-electron chi connectivity index (χ0n) is 14.1. The second-order valence-electron chi connectivity index (χ2n) is 5.95. The third-order valence-corrected chi connectivity index (χ3v) is 3.94. The molecule has 1 aliphatic heterocycles. The molecule has 2 amide bonds. The van der Waals surface area contributed by atoms with Crippen molar-refractivity contribution >= 4 is 23.3 Å². The fourth-order valence-electron chi connectivity index (χ4n) is 2.57. The molecule has 2 aromatic rings. The van der Waals surface area contributed by atoms with Crippen molar-refractivity contribution in [1.82, 2.24) is 9.99 Å². The van der Waals surface area contributed by atoms with Crippen molar-refractivity contribution in [3.8, 4) is 0 Å². The van der Waals surface area contributed by atoms with Crippen LogP contribution in [-0.4, -0.2) is 34.1 Å². The average molecular weight is 336 g/mol. The maximum Gasteiger partial charge on any atom is 0.243 e. The second kappa shape index (κ2) is 7.70. The summed E-state index contributed by atoms with van der Waals surface area (Å²) in [6.07, 6.45) is 2.66. The van der Waals surface area contributed by atoms with Crippen LogP contribution in [0.5, 0.6) is 0 Å². The molecule has 1 N–H and O–H groups in total. The molecule has 128 valence electrons. The maximum atomic E-state index is 12.2. The number of pyridine rings is 1. The van der Waals surface area contributed by atoms with Crippen LogP contribution in [0.1, 0.15) is 30.4 Å². The van der Waals surface area contributed by atoms with Crippen LogP contribution in [0.15, 0.2) is 53.8 Å². The summed E-state index contributed by atoms with van der Waals surface area (Å²) < 4.78 is 0. The fourth-order valence-corrected chi connectivity index (χ4v) is 2.57. The van der Waals surface area contributed by atoms with Gasteiger partial charge in [-0.1, -0.05) is 36.4 Å². The van der Waals surface area contributed by atoms with Crippen LogP contribution < -0.4 is 5.32 Å². The van der Waals surface area contributed by atoms with Gasteiger partial charge in [0.05, 0.1) is 12.3 Å². The van der Waals surface area contributed by atoms with Gasteiger partial charge in [-0.15, -0.1) is 0 Å². The van der Waals surface area contributed by atoms with Gasteiger partial charge in [-0.3, -0.25) is 9.59 Å². The van der Waals surface area contributed by atoms with Gasteiger partial charge < -0.3 is 5.32 Å². The summed E-state index contributed by atoms with van der Waals surface area (Å²) in [5.74, 6) is 0.128. The normalized spacial score (nSPS) is 13.5. The number of anilines is 1. The number of benzene rings is 1. The number of carbonyl (C=O) groups excluding carboxylic acids is 2. The first kappa shape index (κ1) is 16.8. The van der Waals surface area contributed by atoms with E-state index in [2.05, 4.69) is 15.4 Å². The molecular formula is C19H20N4O2. The molecule has 0 bridgehead atoms. The highest BCUT2D eigenvalue weighted by molar-refractivity contribution is 6.02. The number of carbonyl (C=O) groups is 2. The molecule has 1 aromatic heterocycles. The van der Waals surface area contributed by atoms with E-state index in [1.165, 1.54) is 5.01 Å². The van der Waals surface area contributed by atoms with Crippen molar-refractivity contribution in [2.24, 2.45) is 5.10 Å². The monoisotopic (exact) mass is 336 g/mol. The third-order valence-electron chi connectivity index (χ3n) is 3.94. The molecule has 0 saturated carbocycles. The quantitative estimate of drug-likeness (QED) is 0.912. The van der Waals surface area contributed by atoms with E-state index in [4.69, 9.17) is 0 Å². The lowest BCUT2D eigenvalue weighted by molar-refractivity contribution is -0.132. The van der Waals surface area contributed by atoms with Gasteiger partial charge in [0.25, 0.3) is 0 Å². The van der Waals surface area contributed by atoms with E-state index in [1.54, 1.807) is 12.3 Å². The van der Waals surface area contributed by atoms with E-state index < -0.39 is 0 Å². The molecule has 0 atom stereocenters. The van der Waals surface area contributed by atoms with Crippen LogP contribution in [0, 0.1) is 6.92 Å². The van der Waals surface area contributed by atoms with Crippen LogP contribution >= 0.6 is 0 Å². The minimum atomic E-state index is -0.226. The molecule has 6 heteroatoms. The van der Waals surface area contributed by atoms with Crippen LogP contribution in [0.4, 0.5) is 5.82 Å². The van der Waals surface area contributed by atoms with Crippen molar-refractivity contribution in [3.05, 3.63) is 59.8 Å². The maximum absolute atomic E-state index is 12.2. The van der Waals surface area contributed by atoms with Crippen molar-refractivity contribution in [2.45, 2.75) is 26.2 Å². The third kappa shape index (κ3) is 4.50. The lowest BCUT2D eigenvalue weighted by Crippen LogP contribution is -2.25. The number of rotatable bonds is 5. The highest BCUT2D eigenvalue weighted by atomic mass is 16.2. The van der Waals surface area contributed by atoms with Gasteiger partial charge >= 0.3 is 0 Å². The summed E-state index contributed by atoms with van der Waals surface area (Å²) in [5, 5.41) is 8.54. The number of hydrogen-bond acceptors (Lipinski definition) is 4. The van der Waals surface area contributed by atoms with Crippen LogP contribution in [0.2, 0.25) is 0 Å². The first-order valence-electron chi connectivity index (χ1n) is 8.27. The smallest absolute Gasteiger partial charge is 0.243 e. The summed E-state index contributed by atoms with van der Waals surface area (Å²) >= 11 is 0. The van der Waals surface area contributed by atoms with E-state index in [1.807, 2.05) is 43.3 Å². The highest BCUT2D eigenvalue weighted by Crippen LogP contribution is 2.15. The number of hydrogen-bond donors (Lipinski definition) is 1. The van der Waals surface area contributed by atoms with Crippen LogP contribution in [0.25, 0.3) is 0 Å². The van der Waals surface area contributed by atoms with Crippen LogP contribution in [-0.2, 0) is 9.59 Å². The van der Waals surface area contributed by atoms with Gasteiger partial charge in [-0.2, -0.15) is 5.10 Å². The zero-order chi connectivity index (χ0) is 17.6.